The molecule has 5 heteroatoms. The summed E-state index contributed by atoms with van der Waals surface area (Å²) in [4.78, 5) is 18.7. The molecule has 136 valence electrons. The summed E-state index contributed by atoms with van der Waals surface area (Å²) in [6.07, 6.45) is 0.902. The zero-order chi connectivity index (χ0) is 19.0. The van der Waals surface area contributed by atoms with Gasteiger partial charge in [0, 0.05) is 10.4 Å². The Kier molecular flexibility index (Phi) is 4.54. The van der Waals surface area contributed by atoms with Gasteiger partial charge >= 0.3 is 0 Å². The second-order valence-corrected chi connectivity index (χ2v) is 7.59. The molecule has 2 aromatic carbocycles. The fraction of sp³-hybridized carbons (Fsp3) is 0.182. The molecule has 0 aliphatic rings. The Morgan fingerprint density at radius 2 is 1.70 bits per heavy atom. The molecule has 27 heavy (non-hydrogen) atoms. The van der Waals surface area contributed by atoms with Crippen LogP contribution in [0.5, 0.6) is 5.75 Å². The van der Waals surface area contributed by atoms with Crippen molar-refractivity contribution in [3.05, 3.63) is 64.7 Å². The standard InChI is InChI=1S/C22H20N2O2S/c1-4-26-18-11-9-17(10-12-18)21-15(3)27-22-23-20(19(13-25)24(21)22)16-7-5-14(2)6-8-16/h5-13H,4H2,1-3H3. The van der Waals surface area contributed by atoms with Crippen LogP contribution < -0.4 is 4.74 Å². The van der Waals surface area contributed by atoms with Crippen LogP contribution in [0, 0.1) is 13.8 Å². The number of nitrogens with zero attached hydrogens (tertiary/aromatic N) is 2. The maximum absolute atomic E-state index is 12.0. The van der Waals surface area contributed by atoms with E-state index in [1.165, 1.54) is 5.56 Å². The number of fused-ring (bicyclic) bond motifs is 1. The lowest BCUT2D eigenvalue weighted by Crippen LogP contribution is -1.96. The Morgan fingerprint density at radius 3 is 2.33 bits per heavy atom. The summed E-state index contributed by atoms with van der Waals surface area (Å²) in [5.41, 5.74) is 5.49. The zero-order valence-electron chi connectivity index (χ0n) is 15.5. The molecule has 4 rings (SSSR count). The summed E-state index contributed by atoms with van der Waals surface area (Å²) >= 11 is 1.60. The molecule has 0 aliphatic heterocycles. The maximum Gasteiger partial charge on any atom is 0.195 e. The van der Waals surface area contributed by atoms with E-state index in [4.69, 9.17) is 9.72 Å². The summed E-state index contributed by atoms with van der Waals surface area (Å²) in [5.74, 6) is 0.840. The van der Waals surface area contributed by atoms with Crippen LogP contribution in [0.25, 0.3) is 27.5 Å². The minimum atomic E-state index is 0.585. The lowest BCUT2D eigenvalue weighted by Gasteiger charge is -2.07. The number of rotatable bonds is 5. The fourth-order valence-electron chi connectivity index (χ4n) is 3.28. The Morgan fingerprint density at radius 1 is 1.04 bits per heavy atom. The second-order valence-electron chi connectivity index (χ2n) is 6.41. The molecule has 0 amide bonds. The molecular formula is C22H20N2O2S. The van der Waals surface area contributed by atoms with Crippen molar-refractivity contribution in [2.75, 3.05) is 6.61 Å². The number of carbonyl (C=O) groups excluding carboxylic acids is 1. The average Bonchev–Trinajstić information content (AvgIpc) is 3.17. The highest BCUT2D eigenvalue weighted by Crippen LogP contribution is 2.36. The molecule has 0 atom stereocenters. The van der Waals surface area contributed by atoms with Gasteiger partial charge in [-0.1, -0.05) is 29.8 Å². The van der Waals surface area contributed by atoms with Crippen molar-refractivity contribution in [2.45, 2.75) is 20.8 Å². The molecule has 0 bridgehead atoms. The number of aryl methyl sites for hydroxylation is 2. The van der Waals surface area contributed by atoms with E-state index in [-0.39, 0.29) is 0 Å². The first kappa shape index (κ1) is 17.5. The predicted molar refractivity (Wildman–Crippen MR) is 110 cm³/mol. The predicted octanol–water partition coefficient (Wildman–Crippen LogP) is 5.56. The van der Waals surface area contributed by atoms with Crippen molar-refractivity contribution in [2.24, 2.45) is 0 Å². The van der Waals surface area contributed by atoms with Gasteiger partial charge < -0.3 is 4.74 Å². The van der Waals surface area contributed by atoms with Crippen molar-refractivity contribution < 1.29 is 9.53 Å². The van der Waals surface area contributed by atoms with Gasteiger partial charge in [-0.05, 0) is 50.6 Å². The number of hydrogen-bond acceptors (Lipinski definition) is 4. The third-order valence-corrected chi connectivity index (χ3v) is 5.52. The van der Waals surface area contributed by atoms with Gasteiger partial charge in [0.05, 0.1) is 12.3 Å². The van der Waals surface area contributed by atoms with Crippen LogP contribution in [0.3, 0.4) is 0 Å². The molecular weight excluding hydrogens is 356 g/mol. The minimum Gasteiger partial charge on any atom is -0.494 e. The molecule has 0 fully saturated rings. The lowest BCUT2D eigenvalue weighted by molar-refractivity contribution is 0.111. The van der Waals surface area contributed by atoms with Gasteiger partial charge in [-0.25, -0.2) is 4.98 Å². The van der Waals surface area contributed by atoms with Crippen LogP contribution in [-0.4, -0.2) is 22.3 Å². The van der Waals surface area contributed by atoms with Crippen LogP contribution in [0.4, 0.5) is 0 Å². The Labute approximate surface area is 162 Å². The highest BCUT2D eigenvalue weighted by atomic mass is 32.1. The first-order chi connectivity index (χ1) is 13.1. The highest BCUT2D eigenvalue weighted by Gasteiger charge is 2.20. The first-order valence-corrected chi connectivity index (χ1v) is 9.71. The van der Waals surface area contributed by atoms with E-state index in [1.807, 2.05) is 66.8 Å². The molecule has 0 N–H and O–H groups in total. The summed E-state index contributed by atoms with van der Waals surface area (Å²) in [6, 6.07) is 16.1. The summed E-state index contributed by atoms with van der Waals surface area (Å²) in [7, 11) is 0. The number of aldehydes is 1. The van der Waals surface area contributed by atoms with E-state index in [2.05, 4.69) is 6.92 Å². The fourth-order valence-corrected chi connectivity index (χ4v) is 4.28. The van der Waals surface area contributed by atoms with Gasteiger partial charge in [-0.3, -0.25) is 9.20 Å². The summed E-state index contributed by atoms with van der Waals surface area (Å²) in [6.45, 7) is 6.71. The Hall–Kier alpha value is -2.92. The van der Waals surface area contributed by atoms with Crippen molar-refractivity contribution in [3.8, 4) is 28.3 Å². The number of thiazole rings is 1. The number of carbonyl (C=O) groups is 1. The van der Waals surface area contributed by atoms with Crippen molar-refractivity contribution in [3.63, 3.8) is 0 Å². The van der Waals surface area contributed by atoms with Crippen molar-refractivity contribution in [1.29, 1.82) is 0 Å². The smallest absolute Gasteiger partial charge is 0.195 e. The highest BCUT2D eigenvalue weighted by molar-refractivity contribution is 7.17. The monoisotopic (exact) mass is 376 g/mol. The molecule has 0 saturated carbocycles. The maximum atomic E-state index is 12.0. The van der Waals surface area contributed by atoms with Crippen LogP contribution >= 0.6 is 11.3 Å². The summed E-state index contributed by atoms with van der Waals surface area (Å²) in [5, 5.41) is 0. The Balaban J connectivity index is 1.90. The molecule has 2 heterocycles. The zero-order valence-corrected chi connectivity index (χ0v) is 16.3. The molecule has 0 unspecified atom stereocenters. The number of benzene rings is 2. The van der Waals surface area contributed by atoms with Crippen LogP contribution in [0.2, 0.25) is 0 Å². The third-order valence-electron chi connectivity index (χ3n) is 4.56. The topological polar surface area (TPSA) is 43.6 Å². The lowest BCUT2D eigenvalue weighted by atomic mass is 10.1. The summed E-state index contributed by atoms with van der Waals surface area (Å²) < 4.78 is 7.51. The average molecular weight is 376 g/mol. The molecule has 4 aromatic rings. The first-order valence-electron chi connectivity index (χ1n) is 8.89. The van der Waals surface area contributed by atoms with E-state index >= 15 is 0 Å². The van der Waals surface area contributed by atoms with Gasteiger partial charge in [0.15, 0.2) is 11.2 Å². The van der Waals surface area contributed by atoms with Crippen LogP contribution in [0.1, 0.15) is 27.9 Å². The molecule has 4 nitrogen and oxygen atoms in total. The van der Waals surface area contributed by atoms with E-state index in [0.29, 0.717) is 12.3 Å². The molecule has 0 spiro atoms. The number of hydrogen-bond donors (Lipinski definition) is 0. The number of aromatic nitrogens is 2. The van der Waals surface area contributed by atoms with Gasteiger partial charge in [0.2, 0.25) is 0 Å². The molecule has 0 radical (unpaired) electrons. The van der Waals surface area contributed by atoms with Crippen molar-refractivity contribution >= 4 is 22.6 Å². The minimum absolute atomic E-state index is 0.585. The SMILES string of the molecule is CCOc1ccc(-c2c(C)sc3nc(-c4ccc(C)cc4)c(C=O)n23)cc1. The van der Waals surface area contributed by atoms with Gasteiger partial charge in [0.25, 0.3) is 0 Å². The largest absolute Gasteiger partial charge is 0.494 e. The molecule has 0 aliphatic carbocycles. The third kappa shape index (κ3) is 3.04. The van der Waals surface area contributed by atoms with E-state index < -0.39 is 0 Å². The van der Waals surface area contributed by atoms with Crippen LogP contribution in [0.15, 0.2) is 48.5 Å². The Bertz CT molecular complexity index is 1110. The number of ether oxygens (including phenoxy) is 1. The van der Waals surface area contributed by atoms with E-state index in [1.54, 1.807) is 11.3 Å². The van der Waals surface area contributed by atoms with E-state index in [0.717, 1.165) is 44.4 Å². The van der Waals surface area contributed by atoms with Gasteiger partial charge in [-0.2, -0.15) is 0 Å². The quantitative estimate of drug-likeness (QED) is 0.428. The molecule has 2 aromatic heterocycles. The van der Waals surface area contributed by atoms with Gasteiger partial charge in [-0.15, -0.1) is 11.3 Å². The second kappa shape index (κ2) is 7.00. The number of imidazole rings is 1. The van der Waals surface area contributed by atoms with Gasteiger partial charge in [0.1, 0.15) is 17.1 Å². The van der Waals surface area contributed by atoms with Crippen molar-refractivity contribution in [1.82, 2.24) is 9.38 Å². The van der Waals surface area contributed by atoms with Crippen LogP contribution in [-0.2, 0) is 0 Å². The van der Waals surface area contributed by atoms with E-state index in [9.17, 15) is 4.79 Å². The normalized spacial score (nSPS) is 11.1. The molecule has 0 saturated heterocycles.